The van der Waals surface area contributed by atoms with Crippen molar-refractivity contribution in [1.82, 2.24) is 15.2 Å². The fourth-order valence-electron chi connectivity index (χ4n) is 2.23. The van der Waals surface area contributed by atoms with E-state index in [9.17, 15) is 4.79 Å². The lowest BCUT2D eigenvalue weighted by Gasteiger charge is -2.07. The van der Waals surface area contributed by atoms with E-state index in [1.54, 1.807) is 25.3 Å². The molecule has 2 N–H and O–H groups in total. The molecular formula is C17H14Cl2N4O2. The minimum atomic E-state index is -0.318. The molecule has 0 aliphatic heterocycles. The van der Waals surface area contributed by atoms with Crippen LogP contribution in [0, 0.1) is 0 Å². The number of hydrogen-bond donors (Lipinski definition) is 2. The number of aromatic nitrogens is 3. The molecule has 0 bridgehead atoms. The number of hydrogen-bond acceptors (Lipinski definition) is 5. The lowest BCUT2D eigenvalue weighted by atomic mass is 10.1. The number of ether oxygens (including phenoxy) is 1. The van der Waals surface area contributed by atoms with Crippen LogP contribution < -0.4 is 15.6 Å². The average Bonchev–Trinajstić information content (AvgIpc) is 2.57. The molecule has 25 heavy (non-hydrogen) atoms. The molecule has 0 atom stereocenters. The van der Waals surface area contributed by atoms with E-state index in [1.807, 2.05) is 24.3 Å². The van der Waals surface area contributed by atoms with Gasteiger partial charge >= 0.3 is 0 Å². The second kappa shape index (κ2) is 7.55. The summed E-state index contributed by atoms with van der Waals surface area (Å²) in [6, 6.07) is 12.4. The fraction of sp³-hybridized carbons (Fsp3) is 0.118. The Bertz CT molecular complexity index is 922. The van der Waals surface area contributed by atoms with Crippen LogP contribution in [-0.2, 0) is 6.42 Å². The molecule has 3 rings (SSSR count). The number of aromatic amines is 1. The number of methoxy groups -OCH3 is 1. The molecule has 0 spiro atoms. The monoisotopic (exact) mass is 376 g/mol. The zero-order valence-electron chi connectivity index (χ0n) is 13.2. The molecule has 0 saturated carbocycles. The standard InChI is InChI=1S/C17H14Cl2N4O2/c1-25-14-4-2-10(3-5-14)6-15-16(24)21-17(23-22-15)20-13-8-11(18)7-12(19)9-13/h2-5,7-9H,6H2,1H3,(H2,20,21,23,24). The van der Waals surface area contributed by atoms with Gasteiger partial charge in [0.15, 0.2) is 0 Å². The maximum atomic E-state index is 12.2. The third-order valence-electron chi connectivity index (χ3n) is 3.42. The normalized spacial score (nSPS) is 10.5. The molecule has 1 aromatic heterocycles. The van der Waals surface area contributed by atoms with Gasteiger partial charge in [0.05, 0.1) is 7.11 Å². The van der Waals surface area contributed by atoms with Gasteiger partial charge in [-0.15, -0.1) is 10.2 Å². The number of H-pyrrole nitrogens is 1. The van der Waals surface area contributed by atoms with Crippen molar-refractivity contribution in [2.45, 2.75) is 6.42 Å². The van der Waals surface area contributed by atoms with Crippen molar-refractivity contribution >= 4 is 34.8 Å². The van der Waals surface area contributed by atoms with Gasteiger partial charge in [-0.2, -0.15) is 0 Å². The van der Waals surface area contributed by atoms with Gasteiger partial charge in [0.1, 0.15) is 11.4 Å². The van der Waals surface area contributed by atoms with Crippen LogP contribution in [0.3, 0.4) is 0 Å². The number of nitrogens with zero attached hydrogens (tertiary/aromatic N) is 2. The highest BCUT2D eigenvalue weighted by Gasteiger charge is 2.07. The molecule has 0 aliphatic carbocycles. The number of halogens is 2. The summed E-state index contributed by atoms with van der Waals surface area (Å²) >= 11 is 11.9. The summed E-state index contributed by atoms with van der Waals surface area (Å²) in [5.74, 6) is 0.963. The van der Waals surface area contributed by atoms with E-state index in [2.05, 4.69) is 20.5 Å². The maximum absolute atomic E-state index is 12.2. The molecule has 0 saturated heterocycles. The largest absolute Gasteiger partial charge is 0.497 e. The summed E-state index contributed by atoms with van der Waals surface area (Å²) in [6.07, 6.45) is 0.371. The number of anilines is 2. The average molecular weight is 377 g/mol. The first-order valence-electron chi connectivity index (χ1n) is 7.35. The number of rotatable bonds is 5. The van der Waals surface area contributed by atoms with Gasteiger partial charge in [0, 0.05) is 22.2 Å². The van der Waals surface area contributed by atoms with E-state index in [0.29, 0.717) is 27.8 Å². The lowest BCUT2D eigenvalue weighted by Crippen LogP contribution is -2.18. The third-order valence-corrected chi connectivity index (χ3v) is 3.86. The van der Waals surface area contributed by atoms with Gasteiger partial charge in [-0.3, -0.25) is 9.78 Å². The molecule has 0 radical (unpaired) electrons. The van der Waals surface area contributed by atoms with Crippen LogP contribution in [0.25, 0.3) is 0 Å². The molecule has 0 fully saturated rings. The molecule has 0 amide bonds. The van der Waals surface area contributed by atoms with Crippen LogP contribution in [0.2, 0.25) is 10.0 Å². The molecule has 8 heteroatoms. The SMILES string of the molecule is COc1ccc(Cc2nnc(Nc3cc(Cl)cc(Cl)c3)[nH]c2=O)cc1. The van der Waals surface area contributed by atoms with Gasteiger partial charge in [-0.05, 0) is 35.9 Å². The van der Waals surface area contributed by atoms with Crippen LogP contribution in [-0.4, -0.2) is 22.3 Å². The Balaban J connectivity index is 1.77. The number of nitrogens with one attached hydrogen (secondary N) is 2. The van der Waals surface area contributed by atoms with Crippen LogP contribution >= 0.6 is 23.2 Å². The zero-order chi connectivity index (χ0) is 17.8. The maximum Gasteiger partial charge on any atom is 0.274 e. The summed E-state index contributed by atoms with van der Waals surface area (Å²) in [7, 11) is 1.60. The van der Waals surface area contributed by atoms with E-state index in [4.69, 9.17) is 27.9 Å². The highest BCUT2D eigenvalue weighted by atomic mass is 35.5. The first-order valence-corrected chi connectivity index (χ1v) is 8.11. The predicted molar refractivity (Wildman–Crippen MR) is 98.2 cm³/mol. The Kier molecular flexibility index (Phi) is 5.21. The Morgan fingerprint density at radius 3 is 2.36 bits per heavy atom. The minimum Gasteiger partial charge on any atom is -0.497 e. The molecule has 2 aromatic carbocycles. The van der Waals surface area contributed by atoms with Gasteiger partial charge < -0.3 is 10.1 Å². The lowest BCUT2D eigenvalue weighted by molar-refractivity contribution is 0.414. The summed E-state index contributed by atoms with van der Waals surface area (Å²) in [5, 5.41) is 11.9. The van der Waals surface area contributed by atoms with E-state index in [1.165, 1.54) is 0 Å². The van der Waals surface area contributed by atoms with Gasteiger partial charge in [0.25, 0.3) is 5.56 Å². The van der Waals surface area contributed by atoms with E-state index < -0.39 is 0 Å². The van der Waals surface area contributed by atoms with Crippen LogP contribution in [0.15, 0.2) is 47.3 Å². The van der Waals surface area contributed by atoms with E-state index in [-0.39, 0.29) is 11.5 Å². The van der Waals surface area contributed by atoms with Crippen molar-refractivity contribution in [2.75, 3.05) is 12.4 Å². The first kappa shape index (κ1) is 17.3. The smallest absolute Gasteiger partial charge is 0.274 e. The van der Waals surface area contributed by atoms with E-state index in [0.717, 1.165) is 11.3 Å². The predicted octanol–water partition coefficient (Wildman–Crippen LogP) is 3.81. The van der Waals surface area contributed by atoms with Gasteiger partial charge in [-0.1, -0.05) is 35.3 Å². The topological polar surface area (TPSA) is 79.9 Å². The minimum absolute atomic E-state index is 0.210. The fourth-order valence-corrected chi connectivity index (χ4v) is 2.76. The van der Waals surface area contributed by atoms with Crippen LogP contribution in [0.4, 0.5) is 11.6 Å². The quantitative estimate of drug-likeness (QED) is 0.707. The second-order valence-electron chi connectivity index (χ2n) is 5.26. The third kappa shape index (κ3) is 4.49. The van der Waals surface area contributed by atoms with Crippen molar-refractivity contribution in [3.05, 3.63) is 74.1 Å². The summed E-state index contributed by atoms with van der Waals surface area (Å²) in [4.78, 5) is 14.9. The molecular weight excluding hydrogens is 363 g/mol. The van der Waals surface area contributed by atoms with Crippen molar-refractivity contribution < 1.29 is 4.74 Å². The summed E-state index contributed by atoms with van der Waals surface area (Å²) in [5.41, 5.74) is 1.54. The van der Waals surface area contributed by atoms with Gasteiger partial charge in [0.2, 0.25) is 5.95 Å². The Labute approximate surface area is 153 Å². The highest BCUT2D eigenvalue weighted by Crippen LogP contribution is 2.23. The van der Waals surface area contributed by atoms with Crippen molar-refractivity contribution in [3.63, 3.8) is 0 Å². The number of benzene rings is 2. The highest BCUT2D eigenvalue weighted by molar-refractivity contribution is 6.35. The first-order chi connectivity index (χ1) is 12.0. The van der Waals surface area contributed by atoms with Crippen LogP contribution in [0.5, 0.6) is 5.75 Å². The molecule has 3 aromatic rings. The van der Waals surface area contributed by atoms with Crippen molar-refractivity contribution in [1.29, 1.82) is 0 Å². The molecule has 0 unspecified atom stereocenters. The zero-order valence-corrected chi connectivity index (χ0v) is 14.7. The molecule has 128 valence electrons. The van der Waals surface area contributed by atoms with Gasteiger partial charge in [-0.25, -0.2) is 0 Å². The molecule has 6 nitrogen and oxygen atoms in total. The van der Waals surface area contributed by atoms with E-state index >= 15 is 0 Å². The second-order valence-corrected chi connectivity index (χ2v) is 6.13. The van der Waals surface area contributed by atoms with Crippen molar-refractivity contribution in [3.8, 4) is 5.75 Å². The molecule has 1 heterocycles. The van der Waals surface area contributed by atoms with Crippen molar-refractivity contribution in [2.24, 2.45) is 0 Å². The molecule has 0 aliphatic rings. The Hall–Kier alpha value is -2.57. The summed E-state index contributed by atoms with van der Waals surface area (Å²) < 4.78 is 5.11. The Morgan fingerprint density at radius 2 is 1.76 bits per heavy atom. The Morgan fingerprint density at radius 1 is 1.08 bits per heavy atom. The summed E-state index contributed by atoms with van der Waals surface area (Å²) in [6.45, 7) is 0. The van der Waals surface area contributed by atoms with Crippen LogP contribution in [0.1, 0.15) is 11.3 Å².